The van der Waals surface area contributed by atoms with E-state index in [1.54, 1.807) is 0 Å². The fourth-order valence-electron chi connectivity index (χ4n) is 3.91. The molecule has 0 bridgehead atoms. The Morgan fingerprint density at radius 1 is 1.12 bits per heavy atom. The van der Waals surface area contributed by atoms with Crippen LogP contribution in [0.1, 0.15) is 24.8 Å². The molecular weight excluding hydrogens is 320 g/mol. The standard InChI is InChI=1S/C19H26N2O4/c22-18(20-16-3-4-17-15(12-16)2-1-8-25-17)21-7-11-24-14-19(13-21)5-9-23-10-6-19/h3-4,12H,1-2,5-11,13-14H2,(H,20,22). The molecule has 25 heavy (non-hydrogen) atoms. The molecule has 0 saturated carbocycles. The SMILES string of the molecule is O=C(Nc1ccc2c(c1)CCCO2)N1CCOCC2(CCOCC2)C1. The first-order valence-corrected chi connectivity index (χ1v) is 9.21. The van der Waals surface area contributed by atoms with Gasteiger partial charge in [0.05, 0.1) is 19.8 Å². The first-order valence-electron chi connectivity index (χ1n) is 9.21. The van der Waals surface area contributed by atoms with Crippen LogP contribution in [0.3, 0.4) is 0 Å². The average Bonchev–Trinajstić information content (AvgIpc) is 2.85. The van der Waals surface area contributed by atoms with E-state index in [9.17, 15) is 4.79 Å². The van der Waals surface area contributed by atoms with Crippen molar-refractivity contribution in [2.24, 2.45) is 5.41 Å². The molecule has 2 saturated heterocycles. The molecule has 0 radical (unpaired) electrons. The minimum absolute atomic E-state index is 0.0375. The Bertz CT molecular complexity index is 628. The molecule has 2 fully saturated rings. The Morgan fingerprint density at radius 3 is 2.88 bits per heavy atom. The molecule has 3 aliphatic heterocycles. The largest absolute Gasteiger partial charge is 0.493 e. The van der Waals surface area contributed by atoms with Crippen LogP contribution in [0, 0.1) is 5.41 Å². The van der Waals surface area contributed by atoms with E-state index in [2.05, 4.69) is 5.32 Å². The molecule has 1 N–H and O–H groups in total. The Morgan fingerprint density at radius 2 is 2.00 bits per heavy atom. The van der Waals surface area contributed by atoms with E-state index in [0.29, 0.717) is 13.2 Å². The van der Waals surface area contributed by atoms with Crippen LogP contribution in [0.5, 0.6) is 5.75 Å². The third-order valence-corrected chi connectivity index (χ3v) is 5.44. The number of carbonyl (C=O) groups is 1. The minimum Gasteiger partial charge on any atom is -0.493 e. The number of fused-ring (bicyclic) bond motifs is 1. The highest BCUT2D eigenvalue weighted by molar-refractivity contribution is 5.89. The summed E-state index contributed by atoms with van der Waals surface area (Å²) in [6, 6.07) is 5.86. The number of amides is 2. The predicted octanol–water partition coefficient (Wildman–Crippen LogP) is 2.67. The van der Waals surface area contributed by atoms with Gasteiger partial charge in [-0.05, 0) is 49.4 Å². The van der Waals surface area contributed by atoms with E-state index in [4.69, 9.17) is 14.2 Å². The van der Waals surface area contributed by atoms with Gasteiger partial charge in [-0.1, -0.05) is 0 Å². The van der Waals surface area contributed by atoms with Gasteiger partial charge in [-0.15, -0.1) is 0 Å². The summed E-state index contributed by atoms with van der Waals surface area (Å²) in [6.07, 6.45) is 3.93. The van der Waals surface area contributed by atoms with E-state index < -0.39 is 0 Å². The number of anilines is 1. The van der Waals surface area contributed by atoms with Crippen molar-refractivity contribution < 1.29 is 19.0 Å². The van der Waals surface area contributed by atoms with Gasteiger partial charge in [-0.2, -0.15) is 0 Å². The number of rotatable bonds is 1. The zero-order valence-corrected chi connectivity index (χ0v) is 14.6. The number of nitrogens with zero attached hydrogens (tertiary/aromatic N) is 1. The maximum absolute atomic E-state index is 12.8. The molecule has 0 atom stereocenters. The highest BCUT2D eigenvalue weighted by atomic mass is 16.5. The third-order valence-electron chi connectivity index (χ3n) is 5.44. The van der Waals surface area contributed by atoms with Crippen molar-refractivity contribution in [3.8, 4) is 5.75 Å². The van der Waals surface area contributed by atoms with Crippen LogP contribution in [0.25, 0.3) is 0 Å². The van der Waals surface area contributed by atoms with Crippen molar-refractivity contribution in [2.75, 3.05) is 51.4 Å². The fourth-order valence-corrected chi connectivity index (χ4v) is 3.91. The number of benzene rings is 1. The third kappa shape index (κ3) is 3.75. The van der Waals surface area contributed by atoms with Crippen LogP contribution in [-0.2, 0) is 15.9 Å². The van der Waals surface area contributed by atoms with Crippen LogP contribution in [0.4, 0.5) is 10.5 Å². The van der Waals surface area contributed by atoms with Crippen molar-refractivity contribution in [1.82, 2.24) is 4.90 Å². The Hall–Kier alpha value is -1.79. The molecule has 3 heterocycles. The molecule has 136 valence electrons. The van der Waals surface area contributed by atoms with Gasteiger partial charge in [0.15, 0.2) is 0 Å². The molecule has 0 aromatic heterocycles. The number of aryl methyl sites for hydroxylation is 1. The molecule has 1 aromatic rings. The van der Waals surface area contributed by atoms with Crippen LogP contribution in [0.2, 0.25) is 0 Å². The van der Waals surface area contributed by atoms with Gasteiger partial charge in [0.2, 0.25) is 0 Å². The molecule has 0 unspecified atom stereocenters. The van der Waals surface area contributed by atoms with E-state index in [1.165, 1.54) is 5.56 Å². The van der Waals surface area contributed by atoms with Crippen LogP contribution < -0.4 is 10.1 Å². The van der Waals surface area contributed by atoms with Crippen LogP contribution in [0.15, 0.2) is 18.2 Å². The summed E-state index contributed by atoms with van der Waals surface area (Å²) in [5.74, 6) is 0.939. The molecule has 3 aliphatic rings. The summed E-state index contributed by atoms with van der Waals surface area (Å²) in [4.78, 5) is 14.7. The molecule has 2 amide bonds. The topological polar surface area (TPSA) is 60.0 Å². The predicted molar refractivity (Wildman–Crippen MR) is 94.2 cm³/mol. The number of nitrogens with one attached hydrogen (secondary N) is 1. The average molecular weight is 346 g/mol. The van der Waals surface area contributed by atoms with Crippen molar-refractivity contribution in [3.05, 3.63) is 23.8 Å². The molecular formula is C19H26N2O4. The Labute approximate surface area is 148 Å². The van der Waals surface area contributed by atoms with Gasteiger partial charge in [0.1, 0.15) is 5.75 Å². The minimum atomic E-state index is -0.0481. The molecule has 6 heteroatoms. The van der Waals surface area contributed by atoms with E-state index in [0.717, 1.165) is 70.1 Å². The van der Waals surface area contributed by atoms with Crippen molar-refractivity contribution in [3.63, 3.8) is 0 Å². The zero-order chi connectivity index (χ0) is 17.1. The number of ether oxygens (including phenoxy) is 3. The number of urea groups is 1. The lowest BCUT2D eigenvalue weighted by Gasteiger charge is -2.38. The molecule has 4 rings (SSSR count). The first-order chi connectivity index (χ1) is 12.2. The van der Waals surface area contributed by atoms with Gasteiger partial charge < -0.3 is 24.4 Å². The zero-order valence-electron chi connectivity index (χ0n) is 14.6. The summed E-state index contributed by atoms with van der Waals surface area (Å²) in [5, 5.41) is 3.06. The first kappa shape index (κ1) is 16.7. The number of carbonyl (C=O) groups excluding carboxylic acids is 1. The summed E-state index contributed by atoms with van der Waals surface area (Å²) in [6.45, 7) is 4.95. The van der Waals surface area contributed by atoms with Gasteiger partial charge in [-0.3, -0.25) is 0 Å². The second kappa shape index (κ2) is 7.22. The second-order valence-corrected chi connectivity index (χ2v) is 7.29. The van der Waals surface area contributed by atoms with Gasteiger partial charge >= 0.3 is 6.03 Å². The van der Waals surface area contributed by atoms with Gasteiger partial charge in [-0.25, -0.2) is 4.79 Å². The van der Waals surface area contributed by atoms with E-state index >= 15 is 0 Å². The normalized spacial score (nSPS) is 22.6. The summed E-state index contributed by atoms with van der Waals surface area (Å²) in [7, 11) is 0. The number of hydrogen-bond acceptors (Lipinski definition) is 4. The quantitative estimate of drug-likeness (QED) is 0.849. The van der Waals surface area contributed by atoms with Gasteiger partial charge in [0.25, 0.3) is 0 Å². The summed E-state index contributed by atoms with van der Waals surface area (Å²) >= 11 is 0. The highest BCUT2D eigenvalue weighted by Crippen LogP contribution is 2.34. The number of hydrogen-bond donors (Lipinski definition) is 1. The van der Waals surface area contributed by atoms with Gasteiger partial charge in [0, 0.05) is 37.4 Å². The maximum atomic E-state index is 12.8. The van der Waals surface area contributed by atoms with Crippen LogP contribution >= 0.6 is 0 Å². The van der Waals surface area contributed by atoms with Crippen molar-refractivity contribution in [2.45, 2.75) is 25.7 Å². The molecule has 1 spiro atoms. The van der Waals surface area contributed by atoms with Crippen molar-refractivity contribution in [1.29, 1.82) is 0 Å². The highest BCUT2D eigenvalue weighted by Gasteiger charge is 2.38. The Balaban J connectivity index is 1.44. The second-order valence-electron chi connectivity index (χ2n) is 7.29. The smallest absolute Gasteiger partial charge is 0.321 e. The fraction of sp³-hybridized carbons (Fsp3) is 0.632. The molecule has 1 aromatic carbocycles. The molecule has 6 nitrogen and oxygen atoms in total. The van der Waals surface area contributed by atoms with E-state index in [1.807, 2.05) is 23.1 Å². The molecule has 0 aliphatic carbocycles. The van der Waals surface area contributed by atoms with E-state index in [-0.39, 0.29) is 11.4 Å². The summed E-state index contributed by atoms with van der Waals surface area (Å²) < 4.78 is 16.9. The van der Waals surface area contributed by atoms with Crippen molar-refractivity contribution >= 4 is 11.7 Å². The monoisotopic (exact) mass is 346 g/mol. The van der Waals surface area contributed by atoms with Crippen LogP contribution in [-0.4, -0.2) is 57.1 Å². The maximum Gasteiger partial charge on any atom is 0.321 e. The summed E-state index contributed by atoms with van der Waals surface area (Å²) in [5.41, 5.74) is 2.04. The Kier molecular flexibility index (Phi) is 4.81. The lowest BCUT2D eigenvalue weighted by molar-refractivity contribution is -0.0292. The lowest BCUT2D eigenvalue weighted by atomic mass is 9.80. The lowest BCUT2D eigenvalue weighted by Crippen LogP contribution is -2.46.